The van der Waals surface area contributed by atoms with E-state index in [1.165, 1.54) is 6.20 Å². The number of aryl methyl sites for hydroxylation is 1. The molecule has 0 atom stereocenters. The Hall–Kier alpha value is -1.23. The topological polar surface area (TPSA) is 58.9 Å². The average Bonchev–Trinajstić information content (AvgIpc) is 2.09. The quantitative estimate of drug-likeness (QED) is 0.729. The Kier molecular flexibility index (Phi) is 2.77. The van der Waals surface area contributed by atoms with Crippen molar-refractivity contribution in [3.63, 3.8) is 0 Å². The van der Waals surface area contributed by atoms with Gasteiger partial charge in [-0.2, -0.15) is 0 Å². The highest BCUT2D eigenvalue weighted by Gasteiger charge is 2.15. The summed E-state index contributed by atoms with van der Waals surface area (Å²) >= 11 is 0. The normalized spacial score (nSPS) is 10.8. The molecule has 1 aromatic heterocycles. The van der Waals surface area contributed by atoms with E-state index >= 15 is 0 Å². The molecular formula is C8H10F2N2O. The standard InChI is InChI=1S/C8H10F2N2O/c1-4-3-12-6(8(9)10)5(2-11)7(4)13/h3,8H,2,11H2,1H3,(H,12,13). The van der Waals surface area contributed by atoms with E-state index in [0.29, 0.717) is 5.56 Å². The molecule has 0 aromatic carbocycles. The van der Waals surface area contributed by atoms with Crippen LogP contribution in [0.5, 0.6) is 0 Å². The van der Waals surface area contributed by atoms with Crippen LogP contribution in [0.25, 0.3) is 0 Å². The number of H-pyrrole nitrogens is 1. The van der Waals surface area contributed by atoms with Crippen LogP contribution < -0.4 is 11.2 Å². The minimum Gasteiger partial charge on any atom is -0.360 e. The molecule has 0 bridgehead atoms. The number of aromatic nitrogens is 1. The molecule has 0 aliphatic rings. The van der Waals surface area contributed by atoms with Crippen molar-refractivity contribution in [3.05, 3.63) is 33.2 Å². The lowest BCUT2D eigenvalue weighted by Crippen LogP contribution is -2.19. The second-order valence-electron chi connectivity index (χ2n) is 2.70. The average molecular weight is 188 g/mol. The number of aromatic amines is 1. The predicted molar refractivity (Wildman–Crippen MR) is 44.6 cm³/mol. The van der Waals surface area contributed by atoms with Gasteiger partial charge in [-0.25, -0.2) is 8.78 Å². The molecule has 3 nitrogen and oxygen atoms in total. The largest absolute Gasteiger partial charge is 0.360 e. The van der Waals surface area contributed by atoms with Crippen LogP contribution in [0.15, 0.2) is 11.0 Å². The molecule has 0 amide bonds. The summed E-state index contributed by atoms with van der Waals surface area (Å²) in [4.78, 5) is 13.7. The molecule has 72 valence electrons. The number of alkyl halides is 2. The minimum atomic E-state index is -2.69. The molecular weight excluding hydrogens is 178 g/mol. The number of halogens is 2. The highest BCUT2D eigenvalue weighted by Crippen LogP contribution is 2.17. The monoisotopic (exact) mass is 188 g/mol. The molecule has 0 unspecified atom stereocenters. The third-order valence-electron chi connectivity index (χ3n) is 1.82. The van der Waals surface area contributed by atoms with Gasteiger partial charge in [0.25, 0.3) is 6.43 Å². The Balaban J connectivity index is 3.39. The molecule has 13 heavy (non-hydrogen) atoms. The third-order valence-corrected chi connectivity index (χ3v) is 1.82. The Morgan fingerprint density at radius 2 is 2.23 bits per heavy atom. The molecule has 1 heterocycles. The molecule has 0 aliphatic heterocycles. The number of nitrogens with two attached hydrogens (primary N) is 1. The maximum Gasteiger partial charge on any atom is 0.278 e. The van der Waals surface area contributed by atoms with Crippen LogP contribution in [-0.2, 0) is 6.54 Å². The lowest BCUT2D eigenvalue weighted by Gasteiger charge is -2.06. The summed E-state index contributed by atoms with van der Waals surface area (Å²) in [5, 5.41) is 0. The molecule has 3 N–H and O–H groups in total. The molecule has 0 aliphatic carbocycles. The second kappa shape index (κ2) is 3.66. The fourth-order valence-corrected chi connectivity index (χ4v) is 1.10. The van der Waals surface area contributed by atoms with E-state index in [1.54, 1.807) is 6.92 Å². The van der Waals surface area contributed by atoms with Crippen LogP contribution >= 0.6 is 0 Å². The summed E-state index contributed by atoms with van der Waals surface area (Å²) in [6.45, 7) is 1.38. The van der Waals surface area contributed by atoms with Crippen molar-refractivity contribution in [1.29, 1.82) is 0 Å². The number of hydrogen-bond acceptors (Lipinski definition) is 2. The van der Waals surface area contributed by atoms with Gasteiger partial charge in [-0.15, -0.1) is 0 Å². The van der Waals surface area contributed by atoms with E-state index in [9.17, 15) is 13.6 Å². The van der Waals surface area contributed by atoms with Gasteiger partial charge >= 0.3 is 0 Å². The van der Waals surface area contributed by atoms with Crippen LogP contribution in [0.4, 0.5) is 8.78 Å². The smallest absolute Gasteiger partial charge is 0.278 e. The zero-order valence-corrected chi connectivity index (χ0v) is 7.10. The van der Waals surface area contributed by atoms with Crippen molar-refractivity contribution < 1.29 is 8.78 Å². The van der Waals surface area contributed by atoms with Crippen molar-refractivity contribution in [1.82, 2.24) is 4.98 Å². The highest BCUT2D eigenvalue weighted by atomic mass is 19.3. The number of rotatable bonds is 2. The molecule has 0 saturated carbocycles. The highest BCUT2D eigenvalue weighted by molar-refractivity contribution is 5.25. The van der Waals surface area contributed by atoms with Crippen LogP contribution in [0, 0.1) is 6.92 Å². The van der Waals surface area contributed by atoms with Crippen LogP contribution in [-0.4, -0.2) is 4.98 Å². The third kappa shape index (κ3) is 1.75. The Labute approximate surface area is 73.6 Å². The lowest BCUT2D eigenvalue weighted by atomic mass is 10.1. The first-order valence-electron chi connectivity index (χ1n) is 3.77. The zero-order valence-electron chi connectivity index (χ0n) is 7.10. The van der Waals surface area contributed by atoms with Gasteiger partial charge in [-0.1, -0.05) is 0 Å². The van der Waals surface area contributed by atoms with Gasteiger partial charge in [0.15, 0.2) is 5.43 Å². The van der Waals surface area contributed by atoms with Crippen molar-refractivity contribution in [2.75, 3.05) is 0 Å². The van der Waals surface area contributed by atoms with Gasteiger partial charge in [-0.3, -0.25) is 4.79 Å². The first kappa shape index (κ1) is 9.85. The number of nitrogens with one attached hydrogen (secondary N) is 1. The number of pyridine rings is 1. The van der Waals surface area contributed by atoms with Crippen molar-refractivity contribution >= 4 is 0 Å². The summed E-state index contributed by atoms with van der Waals surface area (Å²) in [5.74, 6) is 0. The summed E-state index contributed by atoms with van der Waals surface area (Å²) in [6, 6.07) is 0. The summed E-state index contributed by atoms with van der Waals surface area (Å²) in [7, 11) is 0. The van der Waals surface area contributed by atoms with Gasteiger partial charge in [0.1, 0.15) is 0 Å². The van der Waals surface area contributed by atoms with Crippen molar-refractivity contribution in [3.8, 4) is 0 Å². The molecule has 0 spiro atoms. The Morgan fingerprint density at radius 1 is 1.62 bits per heavy atom. The fraction of sp³-hybridized carbons (Fsp3) is 0.375. The van der Waals surface area contributed by atoms with Gasteiger partial charge in [0, 0.05) is 23.9 Å². The van der Waals surface area contributed by atoms with Gasteiger partial charge < -0.3 is 10.7 Å². The SMILES string of the molecule is Cc1c[nH]c(C(F)F)c(CN)c1=O. The summed E-state index contributed by atoms with van der Waals surface area (Å²) in [5.41, 5.74) is 4.78. The minimum absolute atomic E-state index is 0.0324. The van der Waals surface area contributed by atoms with Crippen LogP contribution in [0.2, 0.25) is 0 Å². The first-order chi connectivity index (χ1) is 6.07. The lowest BCUT2D eigenvalue weighted by molar-refractivity contribution is 0.144. The van der Waals surface area contributed by atoms with E-state index < -0.39 is 11.9 Å². The van der Waals surface area contributed by atoms with E-state index in [4.69, 9.17) is 5.73 Å². The van der Waals surface area contributed by atoms with Gasteiger partial charge in [0.05, 0.1) is 5.69 Å². The molecule has 0 saturated heterocycles. The maximum absolute atomic E-state index is 12.3. The van der Waals surface area contributed by atoms with Crippen molar-refractivity contribution in [2.24, 2.45) is 5.73 Å². The summed E-state index contributed by atoms with van der Waals surface area (Å²) < 4.78 is 24.6. The van der Waals surface area contributed by atoms with Crippen molar-refractivity contribution in [2.45, 2.75) is 19.9 Å². The molecule has 0 radical (unpaired) electrons. The fourth-order valence-electron chi connectivity index (χ4n) is 1.10. The van der Waals surface area contributed by atoms with Crippen LogP contribution in [0.3, 0.4) is 0 Å². The molecule has 1 aromatic rings. The zero-order chi connectivity index (χ0) is 10.0. The van der Waals surface area contributed by atoms with Gasteiger partial charge in [0.2, 0.25) is 0 Å². The van der Waals surface area contributed by atoms with E-state index in [0.717, 1.165) is 0 Å². The summed E-state index contributed by atoms with van der Waals surface area (Å²) in [6.07, 6.45) is -1.42. The van der Waals surface area contributed by atoms with Crippen LogP contribution in [0.1, 0.15) is 23.2 Å². The Morgan fingerprint density at radius 3 is 2.69 bits per heavy atom. The number of hydrogen-bond donors (Lipinski definition) is 2. The van der Waals surface area contributed by atoms with E-state index in [1.807, 2.05) is 0 Å². The predicted octanol–water partition coefficient (Wildman–Crippen LogP) is 1.08. The van der Waals surface area contributed by atoms with Gasteiger partial charge in [-0.05, 0) is 6.92 Å². The van der Waals surface area contributed by atoms with E-state index in [2.05, 4.69) is 4.98 Å². The molecule has 1 rings (SSSR count). The second-order valence-corrected chi connectivity index (χ2v) is 2.70. The first-order valence-corrected chi connectivity index (χ1v) is 3.77. The Bertz CT molecular complexity index is 360. The van der Waals surface area contributed by atoms with E-state index in [-0.39, 0.29) is 17.8 Å². The molecule has 0 fully saturated rings. The maximum atomic E-state index is 12.3. The molecule has 5 heteroatoms.